The minimum atomic E-state index is -0.188. The van der Waals surface area contributed by atoms with Crippen LogP contribution in [0.25, 0.3) is 5.69 Å². The summed E-state index contributed by atoms with van der Waals surface area (Å²) in [5.41, 5.74) is 3.85. The molecule has 0 aliphatic heterocycles. The number of carbonyl (C=O) groups excluding carboxylic acids is 1. The number of aryl methyl sites for hydroxylation is 2. The Morgan fingerprint density at radius 1 is 1.18 bits per heavy atom. The summed E-state index contributed by atoms with van der Waals surface area (Å²) in [7, 11) is 0. The maximum absolute atomic E-state index is 13.4. The summed E-state index contributed by atoms with van der Waals surface area (Å²) < 4.78 is 1.70. The molecule has 7 nitrogen and oxygen atoms in total. The summed E-state index contributed by atoms with van der Waals surface area (Å²) in [6, 6.07) is 9.39. The van der Waals surface area contributed by atoms with Crippen molar-refractivity contribution in [3.63, 3.8) is 0 Å². The normalized spacial score (nSPS) is 19.7. The van der Waals surface area contributed by atoms with Crippen molar-refractivity contribution in [2.75, 3.05) is 0 Å². The Kier molecular flexibility index (Phi) is 7.28. The molecule has 4 rings (SSSR count). The van der Waals surface area contributed by atoms with Crippen LogP contribution in [0.3, 0.4) is 0 Å². The van der Waals surface area contributed by atoms with Crippen molar-refractivity contribution in [2.24, 2.45) is 11.3 Å². The van der Waals surface area contributed by atoms with E-state index in [4.69, 9.17) is 11.6 Å². The summed E-state index contributed by atoms with van der Waals surface area (Å²) >= 11 is 7.55. The lowest BCUT2D eigenvalue weighted by Crippen LogP contribution is -2.43. The standard InChI is InChI=1S/C25H31ClN6OS/c1-15-10-19(13-25(4,5)12-15)29-23(33)22-21(14-34-24-27-16(2)11-17(3)28-24)32(31-30-22)20-8-6-18(26)7-9-20/h6-9,11,15,19H,10,12-14H2,1-5H3,(H,29,33). The van der Waals surface area contributed by atoms with E-state index in [0.717, 1.165) is 29.9 Å². The molecule has 1 fully saturated rings. The molecule has 0 spiro atoms. The fourth-order valence-electron chi connectivity index (χ4n) is 5.00. The second kappa shape index (κ2) is 10.0. The molecule has 0 bridgehead atoms. The van der Waals surface area contributed by atoms with E-state index in [9.17, 15) is 4.79 Å². The van der Waals surface area contributed by atoms with Crippen LogP contribution in [0.4, 0.5) is 0 Å². The van der Waals surface area contributed by atoms with Gasteiger partial charge in [0.05, 0.1) is 11.4 Å². The zero-order chi connectivity index (χ0) is 24.5. The quantitative estimate of drug-likeness (QED) is 0.353. The van der Waals surface area contributed by atoms with Gasteiger partial charge in [-0.2, -0.15) is 0 Å². The number of hydrogen-bond acceptors (Lipinski definition) is 6. The van der Waals surface area contributed by atoms with Gasteiger partial charge >= 0.3 is 0 Å². The maximum atomic E-state index is 13.4. The summed E-state index contributed by atoms with van der Waals surface area (Å²) in [5, 5.41) is 13.2. The first-order valence-electron chi connectivity index (χ1n) is 11.6. The third-order valence-corrected chi connectivity index (χ3v) is 7.18. The molecule has 0 saturated heterocycles. The molecule has 1 aromatic carbocycles. The second-order valence-electron chi connectivity index (χ2n) is 10.1. The third kappa shape index (κ3) is 5.96. The highest BCUT2D eigenvalue weighted by atomic mass is 35.5. The van der Waals surface area contributed by atoms with Crippen molar-refractivity contribution >= 4 is 29.3 Å². The average Bonchev–Trinajstić information content (AvgIpc) is 3.14. The second-order valence-corrected chi connectivity index (χ2v) is 11.5. The van der Waals surface area contributed by atoms with Gasteiger partial charge in [-0.3, -0.25) is 4.79 Å². The molecule has 1 N–H and O–H groups in total. The van der Waals surface area contributed by atoms with Gasteiger partial charge in [0, 0.05) is 28.2 Å². The van der Waals surface area contributed by atoms with Crippen LogP contribution in [0.15, 0.2) is 35.5 Å². The van der Waals surface area contributed by atoms with E-state index < -0.39 is 0 Å². The number of rotatable bonds is 6. The molecule has 1 aliphatic carbocycles. The Morgan fingerprint density at radius 3 is 2.50 bits per heavy atom. The number of nitrogens with one attached hydrogen (secondary N) is 1. The van der Waals surface area contributed by atoms with Crippen LogP contribution in [-0.2, 0) is 5.75 Å². The lowest BCUT2D eigenvalue weighted by molar-refractivity contribution is 0.0868. The van der Waals surface area contributed by atoms with E-state index in [1.165, 1.54) is 18.2 Å². The highest BCUT2D eigenvalue weighted by Gasteiger charge is 2.33. The zero-order valence-electron chi connectivity index (χ0n) is 20.3. The van der Waals surface area contributed by atoms with E-state index in [1.54, 1.807) is 16.8 Å². The van der Waals surface area contributed by atoms with Gasteiger partial charge in [-0.25, -0.2) is 14.6 Å². The zero-order valence-corrected chi connectivity index (χ0v) is 21.9. The largest absolute Gasteiger partial charge is 0.348 e. The Labute approximate surface area is 210 Å². The molecular weight excluding hydrogens is 468 g/mol. The molecule has 2 unspecified atom stereocenters. The minimum Gasteiger partial charge on any atom is -0.348 e. The highest BCUT2D eigenvalue weighted by Crippen LogP contribution is 2.38. The number of carbonyl (C=O) groups is 1. The fourth-order valence-corrected chi connectivity index (χ4v) is 6.07. The van der Waals surface area contributed by atoms with Crippen LogP contribution in [0.5, 0.6) is 0 Å². The van der Waals surface area contributed by atoms with Crippen LogP contribution in [-0.4, -0.2) is 36.9 Å². The van der Waals surface area contributed by atoms with E-state index >= 15 is 0 Å². The maximum Gasteiger partial charge on any atom is 0.274 e. The van der Waals surface area contributed by atoms with E-state index in [1.807, 2.05) is 32.0 Å². The van der Waals surface area contributed by atoms with Crippen LogP contribution < -0.4 is 5.32 Å². The van der Waals surface area contributed by atoms with Crippen molar-refractivity contribution in [2.45, 2.75) is 70.8 Å². The fraction of sp³-hybridized carbons (Fsp3) is 0.480. The van der Waals surface area contributed by atoms with E-state index in [-0.39, 0.29) is 17.4 Å². The number of hydrogen-bond donors (Lipinski definition) is 1. The number of benzene rings is 1. The van der Waals surface area contributed by atoms with E-state index in [2.05, 4.69) is 46.4 Å². The number of nitrogens with zero attached hydrogens (tertiary/aromatic N) is 5. The minimum absolute atomic E-state index is 0.121. The molecule has 180 valence electrons. The molecular formula is C25H31ClN6OS. The Balaban J connectivity index is 1.62. The van der Waals surface area contributed by atoms with Gasteiger partial charge in [0.1, 0.15) is 0 Å². The molecule has 2 heterocycles. The lowest BCUT2D eigenvalue weighted by Gasteiger charge is -2.39. The number of amides is 1. The first kappa shape index (κ1) is 24.7. The molecule has 9 heteroatoms. The van der Waals surface area contributed by atoms with Gasteiger partial charge in [-0.15, -0.1) is 5.10 Å². The molecule has 2 atom stereocenters. The van der Waals surface area contributed by atoms with Crippen LogP contribution in [0.1, 0.15) is 67.6 Å². The van der Waals surface area contributed by atoms with Crippen molar-refractivity contribution in [3.8, 4) is 5.69 Å². The Hall–Kier alpha value is -2.45. The van der Waals surface area contributed by atoms with Gasteiger partial charge in [-0.05, 0) is 74.8 Å². The summed E-state index contributed by atoms with van der Waals surface area (Å²) in [6.07, 6.45) is 3.10. The molecule has 0 radical (unpaired) electrons. The first-order valence-corrected chi connectivity index (χ1v) is 12.9. The molecule has 1 aliphatic rings. The number of aromatic nitrogens is 5. The lowest BCUT2D eigenvalue weighted by atomic mass is 9.70. The predicted molar refractivity (Wildman–Crippen MR) is 135 cm³/mol. The molecule has 34 heavy (non-hydrogen) atoms. The van der Waals surface area contributed by atoms with Gasteiger partial charge in [0.2, 0.25) is 0 Å². The predicted octanol–water partition coefficient (Wildman–Crippen LogP) is 5.56. The van der Waals surface area contributed by atoms with Crippen LogP contribution in [0.2, 0.25) is 5.02 Å². The van der Waals surface area contributed by atoms with Crippen molar-refractivity contribution < 1.29 is 4.79 Å². The van der Waals surface area contributed by atoms with Crippen LogP contribution >= 0.6 is 23.4 Å². The topological polar surface area (TPSA) is 85.6 Å². The number of halogens is 1. The van der Waals surface area contributed by atoms with Crippen LogP contribution in [0, 0.1) is 25.2 Å². The van der Waals surface area contributed by atoms with Gasteiger partial charge in [0.25, 0.3) is 5.91 Å². The Bertz CT molecular complexity index is 1160. The van der Waals surface area contributed by atoms with Gasteiger partial charge in [-0.1, -0.05) is 49.3 Å². The average molecular weight is 499 g/mol. The van der Waals surface area contributed by atoms with Crippen molar-refractivity contribution in [1.29, 1.82) is 0 Å². The van der Waals surface area contributed by atoms with Crippen molar-refractivity contribution in [3.05, 3.63) is 58.1 Å². The smallest absolute Gasteiger partial charge is 0.274 e. The first-order chi connectivity index (χ1) is 16.1. The number of thioether (sulfide) groups is 1. The van der Waals surface area contributed by atoms with Gasteiger partial charge < -0.3 is 5.32 Å². The Morgan fingerprint density at radius 2 is 1.85 bits per heavy atom. The van der Waals surface area contributed by atoms with Crippen molar-refractivity contribution in [1.82, 2.24) is 30.3 Å². The highest BCUT2D eigenvalue weighted by molar-refractivity contribution is 7.98. The third-order valence-electron chi connectivity index (χ3n) is 6.07. The molecule has 1 amide bonds. The summed E-state index contributed by atoms with van der Waals surface area (Å²) in [5.74, 6) is 0.830. The molecule has 1 saturated carbocycles. The molecule has 2 aromatic heterocycles. The SMILES string of the molecule is Cc1cc(C)nc(SCc2c(C(=O)NC3CC(C)CC(C)(C)C3)nnn2-c2ccc(Cl)cc2)n1. The monoisotopic (exact) mass is 498 g/mol. The van der Waals surface area contributed by atoms with E-state index in [0.29, 0.717) is 33.2 Å². The molecule has 3 aromatic rings. The summed E-state index contributed by atoms with van der Waals surface area (Å²) in [6.45, 7) is 10.7. The summed E-state index contributed by atoms with van der Waals surface area (Å²) in [4.78, 5) is 22.4. The van der Waals surface area contributed by atoms with Gasteiger partial charge in [0.15, 0.2) is 10.9 Å².